The Morgan fingerprint density at radius 1 is 1.44 bits per heavy atom. The van der Waals surface area contributed by atoms with Crippen LogP contribution in [-0.4, -0.2) is 36.4 Å². The summed E-state index contributed by atoms with van der Waals surface area (Å²) in [4.78, 5) is 0. The van der Waals surface area contributed by atoms with Crippen LogP contribution in [0, 0.1) is 0 Å². The first-order valence-electron chi connectivity index (χ1n) is 5.95. The van der Waals surface area contributed by atoms with Crippen molar-refractivity contribution in [2.24, 2.45) is 5.73 Å². The molecule has 0 radical (unpaired) electrons. The molecule has 1 atom stereocenters. The Labute approximate surface area is 113 Å². The number of hydrogen-bond acceptors (Lipinski definition) is 4. The molecule has 0 saturated carbocycles. The molecular weight excluding hydrogens is 252 g/mol. The average molecular weight is 273 g/mol. The van der Waals surface area contributed by atoms with E-state index in [2.05, 4.69) is 5.32 Å². The van der Waals surface area contributed by atoms with Gasteiger partial charge in [-0.15, -0.1) is 0 Å². The Balaban J connectivity index is 2.34. The van der Waals surface area contributed by atoms with Gasteiger partial charge >= 0.3 is 0 Å². The molecule has 0 aliphatic carbocycles. The molecule has 4 N–H and O–H groups in total. The summed E-state index contributed by atoms with van der Waals surface area (Å²) in [5, 5.41) is 13.5. The summed E-state index contributed by atoms with van der Waals surface area (Å²) in [6, 6.07) is 7.19. The maximum Gasteiger partial charge on any atom is 0.138 e. The molecule has 1 aromatic carbocycles. The van der Waals surface area contributed by atoms with Crippen molar-refractivity contribution in [3.8, 4) is 5.75 Å². The summed E-state index contributed by atoms with van der Waals surface area (Å²) in [6.07, 6.45) is -0.605. The van der Waals surface area contributed by atoms with E-state index in [1.54, 1.807) is 12.1 Å². The van der Waals surface area contributed by atoms with Gasteiger partial charge in [-0.25, -0.2) is 0 Å². The van der Waals surface area contributed by atoms with Crippen molar-refractivity contribution >= 4 is 11.6 Å². The van der Waals surface area contributed by atoms with Crippen LogP contribution in [0.15, 0.2) is 24.3 Å². The quantitative estimate of drug-likeness (QED) is 0.702. The van der Waals surface area contributed by atoms with Crippen molar-refractivity contribution in [1.29, 1.82) is 0 Å². The molecule has 0 bridgehead atoms. The highest BCUT2D eigenvalue weighted by molar-refractivity contribution is 6.32. The number of aliphatic hydroxyl groups is 1. The van der Waals surface area contributed by atoms with Crippen LogP contribution in [-0.2, 0) is 0 Å². The lowest BCUT2D eigenvalue weighted by atomic mass is 10.1. The van der Waals surface area contributed by atoms with Crippen LogP contribution in [0.2, 0.25) is 5.02 Å². The molecule has 1 unspecified atom stereocenters. The fourth-order valence-corrected chi connectivity index (χ4v) is 1.46. The van der Waals surface area contributed by atoms with Gasteiger partial charge in [0.1, 0.15) is 18.5 Å². The normalized spacial score (nSPS) is 13.4. The molecule has 0 saturated heterocycles. The number of hydrogen-bond donors (Lipinski definition) is 3. The van der Waals surface area contributed by atoms with Crippen LogP contribution < -0.4 is 15.8 Å². The molecule has 0 heterocycles. The van der Waals surface area contributed by atoms with E-state index >= 15 is 0 Å². The lowest BCUT2D eigenvalue weighted by Crippen LogP contribution is -2.49. The largest absolute Gasteiger partial charge is 0.489 e. The Hall–Kier alpha value is -0.810. The highest BCUT2D eigenvalue weighted by atomic mass is 35.5. The van der Waals surface area contributed by atoms with Crippen LogP contribution >= 0.6 is 11.6 Å². The van der Waals surface area contributed by atoms with Crippen LogP contribution in [0.4, 0.5) is 0 Å². The minimum atomic E-state index is -0.605. The zero-order valence-electron chi connectivity index (χ0n) is 10.8. The van der Waals surface area contributed by atoms with E-state index in [0.29, 0.717) is 23.9 Å². The third-order valence-corrected chi connectivity index (χ3v) is 2.91. The minimum Gasteiger partial charge on any atom is -0.489 e. The summed E-state index contributed by atoms with van der Waals surface area (Å²) in [6.45, 7) is 5.08. The summed E-state index contributed by atoms with van der Waals surface area (Å²) in [5.74, 6) is 0.580. The number of nitrogens with two attached hydrogens (primary N) is 1. The summed E-state index contributed by atoms with van der Waals surface area (Å²) >= 11 is 5.94. The van der Waals surface area contributed by atoms with Crippen molar-refractivity contribution in [3.63, 3.8) is 0 Å². The van der Waals surface area contributed by atoms with E-state index in [-0.39, 0.29) is 12.1 Å². The van der Waals surface area contributed by atoms with Crippen molar-refractivity contribution in [3.05, 3.63) is 29.3 Å². The van der Waals surface area contributed by atoms with Crippen molar-refractivity contribution < 1.29 is 9.84 Å². The van der Waals surface area contributed by atoms with Crippen molar-refractivity contribution in [1.82, 2.24) is 5.32 Å². The molecule has 1 rings (SSSR count). The van der Waals surface area contributed by atoms with Gasteiger partial charge in [0, 0.05) is 18.6 Å². The molecule has 4 nitrogen and oxygen atoms in total. The first-order valence-corrected chi connectivity index (χ1v) is 6.33. The highest BCUT2D eigenvalue weighted by Crippen LogP contribution is 2.23. The zero-order chi connectivity index (χ0) is 13.6. The Bertz CT molecular complexity index is 372. The standard InChI is InChI=1S/C13H21ClN2O2/c1-13(2,9-15)16-7-10(17)8-18-12-6-4-3-5-11(12)14/h3-6,10,16-17H,7-9,15H2,1-2H3. The van der Waals surface area contributed by atoms with Crippen LogP contribution in [0.25, 0.3) is 0 Å². The molecule has 5 heteroatoms. The van der Waals surface area contributed by atoms with Gasteiger partial charge in [0.2, 0.25) is 0 Å². The van der Waals surface area contributed by atoms with Crippen LogP contribution in [0.3, 0.4) is 0 Å². The van der Waals surface area contributed by atoms with E-state index in [4.69, 9.17) is 22.1 Å². The highest BCUT2D eigenvalue weighted by Gasteiger charge is 2.16. The summed E-state index contributed by atoms with van der Waals surface area (Å²) in [5.41, 5.74) is 5.40. The lowest BCUT2D eigenvalue weighted by molar-refractivity contribution is 0.0994. The number of aliphatic hydroxyl groups excluding tert-OH is 1. The second-order valence-corrected chi connectivity index (χ2v) is 5.27. The first-order chi connectivity index (χ1) is 8.44. The molecule has 0 fully saturated rings. The van der Waals surface area contributed by atoms with Gasteiger partial charge < -0.3 is 20.9 Å². The molecule has 0 amide bonds. The smallest absolute Gasteiger partial charge is 0.138 e. The predicted molar refractivity (Wildman–Crippen MR) is 74.1 cm³/mol. The SMILES string of the molecule is CC(C)(CN)NCC(O)COc1ccccc1Cl. The van der Waals surface area contributed by atoms with E-state index < -0.39 is 6.10 Å². The van der Waals surface area contributed by atoms with E-state index in [1.807, 2.05) is 26.0 Å². The molecule has 0 aliphatic rings. The third-order valence-electron chi connectivity index (χ3n) is 2.59. The predicted octanol–water partition coefficient (Wildman–Crippen LogP) is 1.41. The number of ether oxygens (including phenoxy) is 1. The van der Waals surface area contributed by atoms with Gasteiger partial charge in [-0.05, 0) is 26.0 Å². The second kappa shape index (κ2) is 6.95. The maximum absolute atomic E-state index is 9.79. The Morgan fingerprint density at radius 2 is 2.11 bits per heavy atom. The fraction of sp³-hybridized carbons (Fsp3) is 0.538. The van der Waals surface area contributed by atoms with Gasteiger partial charge in [-0.3, -0.25) is 0 Å². The molecule has 0 spiro atoms. The maximum atomic E-state index is 9.79. The van der Waals surface area contributed by atoms with Gasteiger partial charge in [0.05, 0.1) is 5.02 Å². The lowest BCUT2D eigenvalue weighted by Gasteiger charge is -2.26. The summed E-state index contributed by atoms with van der Waals surface area (Å²) < 4.78 is 5.44. The fourth-order valence-electron chi connectivity index (χ4n) is 1.27. The molecule has 0 aliphatic heterocycles. The molecule has 18 heavy (non-hydrogen) atoms. The van der Waals surface area contributed by atoms with E-state index in [1.165, 1.54) is 0 Å². The number of halogens is 1. The van der Waals surface area contributed by atoms with Gasteiger partial charge in [0.15, 0.2) is 0 Å². The minimum absolute atomic E-state index is 0.189. The average Bonchev–Trinajstić information content (AvgIpc) is 2.35. The monoisotopic (exact) mass is 272 g/mol. The zero-order valence-corrected chi connectivity index (χ0v) is 11.6. The number of rotatable bonds is 7. The van der Waals surface area contributed by atoms with E-state index in [9.17, 15) is 5.11 Å². The Morgan fingerprint density at radius 3 is 2.72 bits per heavy atom. The molecule has 1 aromatic rings. The molecule has 102 valence electrons. The molecular formula is C13H21ClN2O2. The van der Waals surface area contributed by atoms with Crippen LogP contribution in [0.1, 0.15) is 13.8 Å². The van der Waals surface area contributed by atoms with Gasteiger partial charge in [-0.2, -0.15) is 0 Å². The summed E-state index contributed by atoms with van der Waals surface area (Å²) in [7, 11) is 0. The third kappa shape index (κ3) is 5.23. The van der Waals surface area contributed by atoms with Crippen LogP contribution in [0.5, 0.6) is 5.75 Å². The molecule has 0 aromatic heterocycles. The second-order valence-electron chi connectivity index (χ2n) is 4.86. The van der Waals surface area contributed by atoms with Crippen molar-refractivity contribution in [2.75, 3.05) is 19.7 Å². The number of nitrogens with one attached hydrogen (secondary N) is 1. The van der Waals surface area contributed by atoms with E-state index in [0.717, 1.165) is 0 Å². The van der Waals surface area contributed by atoms with Gasteiger partial charge in [0.25, 0.3) is 0 Å². The topological polar surface area (TPSA) is 67.5 Å². The first kappa shape index (κ1) is 15.2. The number of benzene rings is 1. The Kier molecular flexibility index (Phi) is 5.88. The number of β-amino-alcohol motifs (C(OH)–C–C–N with tert-alkyl or cyclic N) is 1. The number of para-hydroxylation sites is 1. The van der Waals surface area contributed by atoms with Gasteiger partial charge in [-0.1, -0.05) is 23.7 Å². The van der Waals surface area contributed by atoms with Crippen molar-refractivity contribution in [2.45, 2.75) is 25.5 Å².